The summed E-state index contributed by atoms with van der Waals surface area (Å²) < 4.78 is 25.8. The summed E-state index contributed by atoms with van der Waals surface area (Å²) in [6, 6.07) is 7.45. The van der Waals surface area contributed by atoms with Gasteiger partial charge in [0.2, 0.25) is 10.0 Å². The minimum Gasteiger partial charge on any atom is -0.481 e. The minimum absolute atomic E-state index is 0.184. The van der Waals surface area contributed by atoms with Crippen molar-refractivity contribution in [2.75, 3.05) is 6.54 Å². The Morgan fingerprint density at radius 3 is 2.33 bits per heavy atom. The summed E-state index contributed by atoms with van der Waals surface area (Å²) in [6.45, 7) is 3.53. The molecular formula is C12H17NO4S. The lowest BCUT2D eigenvalue weighted by molar-refractivity contribution is -0.137. The first-order valence-electron chi connectivity index (χ1n) is 5.68. The Balaban J connectivity index is 3.05. The van der Waals surface area contributed by atoms with E-state index in [4.69, 9.17) is 5.11 Å². The summed E-state index contributed by atoms with van der Waals surface area (Å²) in [4.78, 5) is 10.9. The number of aliphatic carboxylic acids is 1. The van der Waals surface area contributed by atoms with Crippen molar-refractivity contribution in [3.05, 3.63) is 30.3 Å². The average molecular weight is 271 g/mol. The zero-order valence-corrected chi connectivity index (χ0v) is 11.2. The molecule has 0 radical (unpaired) electrons. The highest BCUT2D eigenvalue weighted by Gasteiger charge is 2.28. The smallest absolute Gasteiger partial charge is 0.304 e. The molecule has 1 unspecified atom stereocenters. The second-order valence-electron chi connectivity index (χ2n) is 3.97. The molecule has 100 valence electrons. The molecule has 0 aliphatic carbocycles. The summed E-state index contributed by atoms with van der Waals surface area (Å²) in [5.74, 6) is -1.01. The van der Waals surface area contributed by atoms with E-state index in [0.717, 1.165) is 0 Å². The van der Waals surface area contributed by atoms with E-state index >= 15 is 0 Å². The molecule has 0 bridgehead atoms. The Morgan fingerprint density at radius 1 is 1.33 bits per heavy atom. The van der Waals surface area contributed by atoms with Crippen LogP contribution in [0.3, 0.4) is 0 Å². The van der Waals surface area contributed by atoms with E-state index in [2.05, 4.69) is 0 Å². The molecule has 1 aromatic carbocycles. The van der Waals surface area contributed by atoms with Crippen molar-refractivity contribution in [1.82, 2.24) is 4.31 Å². The fraction of sp³-hybridized carbons (Fsp3) is 0.417. The standard InChI is InChI=1S/C12H17NO4S/c1-3-13(10(2)9-12(14)15)18(16,17)11-7-5-4-6-8-11/h4-8,10H,3,9H2,1-2H3,(H,14,15). The van der Waals surface area contributed by atoms with E-state index in [1.54, 1.807) is 32.0 Å². The largest absolute Gasteiger partial charge is 0.481 e. The van der Waals surface area contributed by atoms with Gasteiger partial charge < -0.3 is 5.11 Å². The zero-order valence-electron chi connectivity index (χ0n) is 10.4. The Hall–Kier alpha value is -1.40. The van der Waals surface area contributed by atoms with Crippen LogP contribution >= 0.6 is 0 Å². The van der Waals surface area contributed by atoms with Gasteiger partial charge in [0.15, 0.2) is 0 Å². The van der Waals surface area contributed by atoms with Crippen molar-refractivity contribution < 1.29 is 18.3 Å². The molecule has 5 nitrogen and oxygen atoms in total. The molecule has 1 atom stereocenters. The molecule has 1 aromatic rings. The molecule has 18 heavy (non-hydrogen) atoms. The van der Waals surface area contributed by atoms with Crippen LogP contribution in [0.2, 0.25) is 0 Å². The van der Waals surface area contributed by atoms with Gasteiger partial charge in [-0.1, -0.05) is 25.1 Å². The first kappa shape index (κ1) is 14.7. The van der Waals surface area contributed by atoms with Gasteiger partial charge in [-0.3, -0.25) is 4.79 Å². The van der Waals surface area contributed by atoms with Crippen molar-refractivity contribution in [2.24, 2.45) is 0 Å². The van der Waals surface area contributed by atoms with Crippen LogP contribution < -0.4 is 0 Å². The SMILES string of the molecule is CCN(C(C)CC(=O)O)S(=O)(=O)c1ccccc1. The fourth-order valence-electron chi connectivity index (χ4n) is 1.80. The van der Waals surface area contributed by atoms with E-state index in [9.17, 15) is 13.2 Å². The van der Waals surface area contributed by atoms with Crippen molar-refractivity contribution in [3.63, 3.8) is 0 Å². The molecular weight excluding hydrogens is 254 g/mol. The van der Waals surface area contributed by atoms with Crippen molar-refractivity contribution in [3.8, 4) is 0 Å². The molecule has 1 N–H and O–H groups in total. The monoisotopic (exact) mass is 271 g/mol. The fourth-order valence-corrected chi connectivity index (χ4v) is 3.46. The molecule has 0 aliphatic heterocycles. The van der Waals surface area contributed by atoms with Crippen LogP contribution in [0, 0.1) is 0 Å². The molecule has 6 heteroatoms. The number of benzene rings is 1. The van der Waals surface area contributed by atoms with Crippen LogP contribution in [0.25, 0.3) is 0 Å². The van der Waals surface area contributed by atoms with Crippen molar-refractivity contribution in [1.29, 1.82) is 0 Å². The van der Waals surface area contributed by atoms with Crippen LogP contribution in [0.15, 0.2) is 35.2 Å². The van der Waals surface area contributed by atoms with E-state index in [1.165, 1.54) is 16.4 Å². The molecule has 0 fully saturated rings. The Labute approximate surface area is 107 Å². The van der Waals surface area contributed by atoms with Crippen molar-refractivity contribution in [2.45, 2.75) is 31.2 Å². The first-order valence-corrected chi connectivity index (χ1v) is 7.12. The molecule has 0 aromatic heterocycles. The number of carboxylic acids is 1. The summed E-state index contributed by atoms with van der Waals surface area (Å²) in [5.41, 5.74) is 0. The van der Waals surface area contributed by atoms with Gasteiger partial charge in [-0.15, -0.1) is 0 Å². The Kier molecular flexibility index (Phi) is 4.86. The number of hydrogen-bond donors (Lipinski definition) is 1. The van der Waals surface area contributed by atoms with E-state index < -0.39 is 22.0 Å². The van der Waals surface area contributed by atoms with Crippen LogP contribution in [0.1, 0.15) is 20.3 Å². The highest BCUT2D eigenvalue weighted by atomic mass is 32.2. The molecule has 0 heterocycles. The third-order valence-electron chi connectivity index (χ3n) is 2.62. The lowest BCUT2D eigenvalue weighted by Gasteiger charge is -2.26. The molecule has 0 saturated heterocycles. The minimum atomic E-state index is -3.63. The Morgan fingerprint density at radius 2 is 1.89 bits per heavy atom. The first-order chi connectivity index (χ1) is 8.39. The van der Waals surface area contributed by atoms with Gasteiger partial charge in [0.1, 0.15) is 0 Å². The van der Waals surface area contributed by atoms with E-state index in [1.807, 2.05) is 0 Å². The van der Waals surface area contributed by atoms with Gasteiger partial charge in [-0.05, 0) is 19.1 Å². The van der Waals surface area contributed by atoms with Crippen LogP contribution in [0.5, 0.6) is 0 Å². The lowest BCUT2D eigenvalue weighted by atomic mass is 10.2. The zero-order chi connectivity index (χ0) is 13.8. The topological polar surface area (TPSA) is 74.7 Å². The lowest BCUT2D eigenvalue weighted by Crippen LogP contribution is -2.39. The number of nitrogens with zero attached hydrogens (tertiary/aromatic N) is 1. The molecule has 0 spiro atoms. The molecule has 0 saturated carbocycles. The summed E-state index contributed by atoms with van der Waals surface area (Å²) in [5, 5.41) is 8.74. The summed E-state index contributed by atoms with van der Waals surface area (Å²) >= 11 is 0. The Bertz CT molecular complexity index is 498. The maximum Gasteiger partial charge on any atom is 0.304 e. The van der Waals surface area contributed by atoms with E-state index in [-0.39, 0.29) is 17.9 Å². The van der Waals surface area contributed by atoms with Crippen LogP contribution in [-0.2, 0) is 14.8 Å². The highest BCUT2D eigenvalue weighted by molar-refractivity contribution is 7.89. The summed E-state index contributed by atoms with van der Waals surface area (Å²) in [6.07, 6.45) is -0.208. The maximum atomic E-state index is 12.3. The van der Waals surface area contributed by atoms with Crippen LogP contribution in [0.4, 0.5) is 0 Å². The predicted octanol–water partition coefficient (Wildman–Crippen LogP) is 1.56. The number of carboxylic acid groups (broad SMARTS) is 1. The normalized spacial score (nSPS) is 13.5. The van der Waals surface area contributed by atoms with Crippen molar-refractivity contribution >= 4 is 16.0 Å². The number of sulfonamides is 1. The second kappa shape index (κ2) is 5.97. The molecule has 1 rings (SSSR count). The van der Waals surface area contributed by atoms with Gasteiger partial charge in [0, 0.05) is 12.6 Å². The third kappa shape index (κ3) is 3.30. The van der Waals surface area contributed by atoms with Gasteiger partial charge in [0.25, 0.3) is 0 Å². The predicted molar refractivity (Wildman–Crippen MR) is 67.7 cm³/mol. The average Bonchev–Trinajstić information content (AvgIpc) is 2.29. The van der Waals surface area contributed by atoms with Gasteiger partial charge in [0.05, 0.1) is 11.3 Å². The third-order valence-corrected chi connectivity index (χ3v) is 4.73. The summed E-state index contributed by atoms with van der Waals surface area (Å²) in [7, 11) is -3.63. The van der Waals surface area contributed by atoms with Gasteiger partial charge in [-0.2, -0.15) is 4.31 Å². The quantitative estimate of drug-likeness (QED) is 0.852. The van der Waals surface area contributed by atoms with E-state index in [0.29, 0.717) is 0 Å². The second-order valence-corrected chi connectivity index (χ2v) is 5.86. The number of rotatable bonds is 6. The number of carbonyl (C=O) groups is 1. The van der Waals surface area contributed by atoms with Gasteiger partial charge in [-0.25, -0.2) is 8.42 Å². The highest BCUT2D eigenvalue weighted by Crippen LogP contribution is 2.18. The molecule has 0 aliphatic rings. The van der Waals surface area contributed by atoms with Crippen LogP contribution in [-0.4, -0.2) is 36.4 Å². The maximum absolute atomic E-state index is 12.3. The van der Waals surface area contributed by atoms with Gasteiger partial charge >= 0.3 is 5.97 Å². The molecule has 0 amide bonds. The number of hydrogen-bond acceptors (Lipinski definition) is 3.